The van der Waals surface area contributed by atoms with Crippen molar-refractivity contribution < 1.29 is 23.4 Å². The van der Waals surface area contributed by atoms with Crippen LogP contribution < -0.4 is 4.74 Å². The topological polar surface area (TPSA) is 49.8 Å². The van der Waals surface area contributed by atoms with E-state index in [9.17, 15) is 18.7 Å². The van der Waals surface area contributed by atoms with Crippen molar-refractivity contribution in [2.75, 3.05) is 0 Å². The molecule has 0 aromatic heterocycles. The number of aliphatic carboxylic acids is 1. The summed E-state index contributed by atoms with van der Waals surface area (Å²) in [6.45, 7) is 1.18. The van der Waals surface area contributed by atoms with E-state index in [1.165, 1.54) is 6.42 Å². The van der Waals surface area contributed by atoms with Crippen molar-refractivity contribution in [2.24, 2.45) is 5.92 Å². The van der Waals surface area contributed by atoms with Gasteiger partial charge >= 0.3 is 12.6 Å². The van der Waals surface area contributed by atoms with Gasteiger partial charge in [-0.25, -0.2) is 0 Å². The van der Waals surface area contributed by atoms with Gasteiger partial charge in [-0.3, -0.25) is 9.69 Å². The molecule has 4 nitrogen and oxygen atoms in total. The standard InChI is InChI=1S/C19H25F2NO3/c1-11-7-13(8-12(2)17(11)25-19(20)21)10-22-15-6-4-3-5-14(15)9-16(22)18(23)24/h7-8,14-16,19H,3-6,9-10H2,1-2H3,(H,23,24). The van der Waals surface area contributed by atoms with E-state index >= 15 is 0 Å². The summed E-state index contributed by atoms with van der Waals surface area (Å²) in [4.78, 5) is 13.8. The number of fused-ring (bicyclic) bond motifs is 1. The first-order valence-electron chi connectivity index (χ1n) is 8.90. The van der Waals surface area contributed by atoms with Crippen molar-refractivity contribution in [2.45, 2.75) is 71.2 Å². The van der Waals surface area contributed by atoms with Crippen molar-refractivity contribution in [3.8, 4) is 5.75 Å². The predicted molar refractivity (Wildman–Crippen MR) is 89.9 cm³/mol. The minimum atomic E-state index is -2.85. The summed E-state index contributed by atoms with van der Waals surface area (Å²) in [6, 6.07) is 3.53. The molecule has 2 aliphatic rings. The quantitative estimate of drug-likeness (QED) is 0.865. The Kier molecular flexibility index (Phi) is 5.27. The van der Waals surface area contributed by atoms with E-state index in [4.69, 9.17) is 0 Å². The molecular weight excluding hydrogens is 328 g/mol. The lowest BCUT2D eigenvalue weighted by molar-refractivity contribution is -0.142. The summed E-state index contributed by atoms with van der Waals surface area (Å²) < 4.78 is 29.7. The number of carboxylic acid groups (broad SMARTS) is 1. The van der Waals surface area contributed by atoms with Crippen LogP contribution in [0.15, 0.2) is 12.1 Å². The second kappa shape index (κ2) is 7.28. The first kappa shape index (κ1) is 18.1. The van der Waals surface area contributed by atoms with Crippen LogP contribution in [0.5, 0.6) is 5.75 Å². The molecule has 1 heterocycles. The van der Waals surface area contributed by atoms with Gasteiger partial charge in [0, 0.05) is 12.6 Å². The molecule has 6 heteroatoms. The van der Waals surface area contributed by atoms with Crippen molar-refractivity contribution in [1.29, 1.82) is 0 Å². The van der Waals surface area contributed by atoms with Crippen molar-refractivity contribution in [3.63, 3.8) is 0 Å². The van der Waals surface area contributed by atoms with Gasteiger partial charge < -0.3 is 9.84 Å². The predicted octanol–water partition coefficient (Wildman–Crippen LogP) is 4.12. The van der Waals surface area contributed by atoms with Crippen LogP contribution in [-0.2, 0) is 11.3 Å². The maximum absolute atomic E-state index is 12.5. The highest BCUT2D eigenvalue weighted by Gasteiger charge is 2.45. The second-order valence-electron chi connectivity index (χ2n) is 7.31. The summed E-state index contributed by atoms with van der Waals surface area (Å²) in [7, 11) is 0. The van der Waals surface area contributed by atoms with Crippen LogP contribution in [0.2, 0.25) is 0 Å². The van der Waals surface area contributed by atoms with Gasteiger partial charge in [0.05, 0.1) is 0 Å². The summed E-state index contributed by atoms with van der Waals surface area (Å²) >= 11 is 0. The Balaban J connectivity index is 1.83. The lowest BCUT2D eigenvalue weighted by atomic mass is 9.84. The number of nitrogens with zero attached hydrogens (tertiary/aromatic N) is 1. The first-order valence-corrected chi connectivity index (χ1v) is 8.90. The van der Waals surface area contributed by atoms with E-state index in [2.05, 4.69) is 9.64 Å². The zero-order valence-electron chi connectivity index (χ0n) is 14.7. The highest BCUT2D eigenvalue weighted by atomic mass is 19.3. The number of likely N-dealkylation sites (tertiary alicyclic amines) is 1. The third kappa shape index (κ3) is 3.78. The molecule has 1 N–H and O–H groups in total. The van der Waals surface area contributed by atoms with Crippen LogP contribution >= 0.6 is 0 Å². The van der Waals surface area contributed by atoms with E-state index in [1.54, 1.807) is 13.8 Å². The highest BCUT2D eigenvalue weighted by molar-refractivity contribution is 5.74. The molecule has 2 fully saturated rings. The largest absolute Gasteiger partial charge is 0.480 e. The van der Waals surface area contributed by atoms with E-state index in [1.807, 2.05) is 12.1 Å². The smallest absolute Gasteiger partial charge is 0.387 e. The molecule has 138 valence electrons. The van der Waals surface area contributed by atoms with E-state index < -0.39 is 18.6 Å². The van der Waals surface area contributed by atoms with E-state index in [0.29, 0.717) is 36.1 Å². The number of benzene rings is 1. The molecule has 1 aliphatic heterocycles. The number of carboxylic acids is 1. The minimum Gasteiger partial charge on any atom is -0.480 e. The fourth-order valence-electron chi connectivity index (χ4n) is 4.64. The van der Waals surface area contributed by atoms with Gasteiger partial charge in [0.1, 0.15) is 11.8 Å². The Morgan fingerprint density at radius 2 is 1.92 bits per heavy atom. The molecule has 1 saturated heterocycles. The molecule has 0 bridgehead atoms. The third-order valence-electron chi connectivity index (χ3n) is 5.60. The maximum atomic E-state index is 12.5. The number of aryl methyl sites for hydroxylation is 2. The fourth-order valence-corrected chi connectivity index (χ4v) is 4.64. The Labute approximate surface area is 146 Å². The van der Waals surface area contributed by atoms with Crippen LogP contribution in [-0.4, -0.2) is 34.7 Å². The lowest BCUT2D eigenvalue weighted by Crippen LogP contribution is -2.41. The second-order valence-corrected chi connectivity index (χ2v) is 7.31. The molecule has 1 aromatic rings. The summed E-state index contributed by atoms with van der Waals surface area (Å²) in [5, 5.41) is 9.62. The summed E-state index contributed by atoms with van der Waals surface area (Å²) in [5.74, 6) is -0.0931. The Morgan fingerprint density at radius 1 is 1.28 bits per heavy atom. The number of carbonyl (C=O) groups is 1. The molecule has 3 rings (SSSR count). The molecular formula is C19H25F2NO3. The normalized spacial score (nSPS) is 26.7. The van der Waals surface area contributed by atoms with Crippen LogP contribution in [0.1, 0.15) is 48.8 Å². The van der Waals surface area contributed by atoms with Gasteiger partial charge in [0.15, 0.2) is 0 Å². The highest BCUT2D eigenvalue weighted by Crippen LogP contribution is 2.41. The van der Waals surface area contributed by atoms with E-state index in [0.717, 1.165) is 24.8 Å². The monoisotopic (exact) mass is 353 g/mol. The maximum Gasteiger partial charge on any atom is 0.387 e. The van der Waals surface area contributed by atoms with Crippen LogP contribution in [0.4, 0.5) is 8.78 Å². The van der Waals surface area contributed by atoms with Crippen LogP contribution in [0.25, 0.3) is 0 Å². The summed E-state index contributed by atoms with van der Waals surface area (Å²) in [5.41, 5.74) is 2.26. The fraction of sp³-hybridized carbons (Fsp3) is 0.632. The third-order valence-corrected chi connectivity index (χ3v) is 5.60. The Bertz CT molecular complexity index is 627. The number of halogens is 2. The molecule has 1 saturated carbocycles. The SMILES string of the molecule is Cc1cc(CN2C(C(=O)O)CC3CCCCC32)cc(C)c1OC(F)F. The molecule has 0 radical (unpaired) electrons. The molecule has 3 unspecified atom stereocenters. The van der Waals surface area contributed by atoms with Gasteiger partial charge in [-0.2, -0.15) is 8.78 Å². The first-order chi connectivity index (χ1) is 11.9. The van der Waals surface area contributed by atoms with Crippen molar-refractivity contribution >= 4 is 5.97 Å². The molecule has 25 heavy (non-hydrogen) atoms. The number of alkyl halides is 2. The zero-order valence-corrected chi connectivity index (χ0v) is 14.7. The van der Waals surface area contributed by atoms with E-state index in [-0.39, 0.29) is 5.75 Å². The minimum absolute atomic E-state index is 0.213. The van der Waals surface area contributed by atoms with Crippen LogP contribution in [0, 0.1) is 19.8 Å². The van der Waals surface area contributed by atoms with Gasteiger partial charge in [-0.1, -0.05) is 25.0 Å². The number of hydrogen-bond acceptors (Lipinski definition) is 3. The number of rotatable bonds is 5. The Hall–Kier alpha value is -1.69. The molecule has 0 spiro atoms. The zero-order chi connectivity index (χ0) is 18.1. The van der Waals surface area contributed by atoms with Gasteiger partial charge in [-0.15, -0.1) is 0 Å². The number of hydrogen-bond donors (Lipinski definition) is 1. The average Bonchev–Trinajstić information content (AvgIpc) is 2.90. The van der Waals surface area contributed by atoms with Crippen molar-refractivity contribution in [1.82, 2.24) is 4.90 Å². The number of ether oxygens (including phenoxy) is 1. The van der Waals surface area contributed by atoms with Gasteiger partial charge in [-0.05, 0) is 55.7 Å². The van der Waals surface area contributed by atoms with Crippen LogP contribution in [0.3, 0.4) is 0 Å². The molecule has 0 amide bonds. The molecule has 1 aliphatic carbocycles. The summed E-state index contributed by atoms with van der Waals surface area (Å²) in [6.07, 6.45) is 5.18. The Morgan fingerprint density at radius 3 is 2.52 bits per heavy atom. The average molecular weight is 353 g/mol. The molecule has 3 atom stereocenters. The molecule has 1 aromatic carbocycles. The van der Waals surface area contributed by atoms with Gasteiger partial charge in [0.25, 0.3) is 0 Å². The van der Waals surface area contributed by atoms with Crippen molar-refractivity contribution in [3.05, 3.63) is 28.8 Å². The van der Waals surface area contributed by atoms with Gasteiger partial charge in [0.2, 0.25) is 0 Å². The lowest BCUT2D eigenvalue weighted by Gasteiger charge is -2.33.